The Hall–Kier alpha value is -1.80. The number of nitrogens with two attached hydrogens (primary N) is 2. The van der Waals surface area contributed by atoms with Crippen molar-refractivity contribution in [3.63, 3.8) is 0 Å². The molecule has 8 nitrogen and oxygen atoms in total. The summed E-state index contributed by atoms with van der Waals surface area (Å²) >= 11 is 0. The highest BCUT2D eigenvalue weighted by molar-refractivity contribution is 6.33. The lowest BCUT2D eigenvalue weighted by Gasteiger charge is -2.45. The van der Waals surface area contributed by atoms with E-state index >= 15 is 0 Å². The van der Waals surface area contributed by atoms with Crippen molar-refractivity contribution in [2.24, 2.45) is 11.5 Å². The molecule has 0 radical (unpaired) electrons. The molecule has 2 heterocycles. The molecule has 2 aliphatic heterocycles. The fourth-order valence-corrected chi connectivity index (χ4v) is 1.21. The minimum absolute atomic E-state index is 1.21. The number of rotatable bonds is 1. The predicted molar refractivity (Wildman–Crippen MR) is 36.0 cm³/mol. The highest BCUT2D eigenvalue weighted by Crippen LogP contribution is 2.35. The van der Waals surface area contributed by atoms with Crippen LogP contribution in [0.5, 0.6) is 0 Å². The molecule has 0 aliphatic carbocycles. The van der Waals surface area contributed by atoms with Gasteiger partial charge in [0.15, 0.2) is 0 Å². The molecule has 0 spiro atoms. The highest BCUT2D eigenvalue weighted by atomic mass is 16.6. The van der Waals surface area contributed by atoms with Gasteiger partial charge in [-0.05, 0) is 0 Å². The van der Waals surface area contributed by atoms with Crippen LogP contribution >= 0.6 is 0 Å². The summed E-state index contributed by atoms with van der Waals surface area (Å²) in [7, 11) is 0. The van der Waals surface area contributed by atoms with Gasteiger partial charge in [-0.3, -0.25) is 0 Å². The smallest absolute Gasteiger partial charge is 0.348 e. The van der Waals surface area contributed by atoms with Crippen LogP contribution in [0.3, 0.4) is 0 Å². The third-order valence-electron chi connectivity index (χ3n) is 2.28. The molecule has 0 aromatic rings. The molecule has 0 bridgehead atoms. The van der Waals surface area contributed by atoms with Gasteiger partial charge in [0, 0.05) is 0 Å². The maximum atomic E-state index is 10.9. The lowest BCUT2D eigenvalue weighted by molar-refractivity contribution is -0.211. The zero-order valence-electron chi connectivity index (χ0n) is 6.60. The van der Waals surface area contributed by atoms with Crippen LogP contribution in [0.1, 0.15) is 0 Å². The van der Waals surface area contributed by atoms with E-state index in [0.717, 1.165) is 0 Å². The van der Waals surface area contributed by atoms with Crippen molar-refractivity contribution in [2.45, 2.75) is 11.1 Å². The highest BCUT2D eigenvalue weighted by Gasteiger charge is 2.80. The van der Waals surface area contributed by atoms with E-state index < -0.39 is 35.0 Å². The fraction of sp³-hybridized carbons (Fsp3) is 0.333. The second-order valence-electron chi connectivity index (χ2n) is 2.97. The lowest BCUT2D eigenvalue weighted by Crippen LogP contribution is -2.89. The van der Waals surface area contributed by atoms with Gasteiger partial charge in [0.05, 0.1) is 0 Å². The predicted octanol–water partition coefficient (Wildman–Crippen LogP) is -3.45. The normalized spacial score (nSPS) is 27.3. The Morgan fingerprint density at radius 2 is 0.929 bits per heavy atom. The summed E-state index contributed by atoms with van der Waals surface area (Å²) in [5.41, 5.74) is 5.62. The van der Waals surface area contributed by atoms with E-state index in [1.807, 2.05) is 0 Å². The van der Waals surface area contributed by atoms with Crippen LogP contribution in [-0.2, 0) is 28.7 Å². The zero-order valence-corrected chi connectivity index (χ0v) is 6.60. The van der Waals surface area contributed by atoms with E-state index in [0.29, 0.717) is 0 Å². The first-order valence-corrected chi connectivity index (χ1v) is 3.46. The quantitative estimate of drug-likeness (QED) is 0.329. The number of esters is 4. The van der Waals surface area contributed by atoms with Gasteiger partial charge < -0.3 is 20.9 Å². The molecule has 8 heteroatoms. The Kier molecular flexibility index (Phi) is 1.25. The summed E-state index contributed by atoms with van der Waals surface area (Å²) in [6.45, 7) is 0. The van der Waals surface area contributed by atoms with E-state index in [1.165, 1.54) is 0 Å². The van der Waals surface area contributed by atoms with Gasteiger partial charge >= 0.3 is 23.9 Å². The molecule has 0 atom stereocenters. The number of carbonyl (C=O) groups excluding carboxylic acids is 4. The topological polar surface area (TPSA) is 139 Å². The molecule has 0 aromatic carbocycles. The molecule has 0 saturated carbocycles. The summed E-state index contributed by atoms with van der Waals surface area (Å²) in [5.74, 6) is -4.85. The molecule has 2 fully saturated rings. The van der Waals surface area contributed by atoms with E-state index in [-0.39, 0.29) is 0 Å². The van der Waals surface area contributed by atoms with Gasteiger partial charge in [0.25, 0.3) is 11.1 Å². The number of carbonyl (C=O) groups is 4. The fourth-order valence-electron chi connectivity index (χ4n) is 1.21. The first-order valence-electron chi connectivity index (χ1n) is 3.46. The monoisotopic (exact) mass is 200 g/mol. The van der Waals surface area contributed by atoms with Crippen molar-refractivity contribution in [1.82, 2.24) is 0 Å². The first kappa shape index (κ1) is 8.78. The molecule has 14 heavy (non-hydrogen) atoms. The van der Waals surface area contributed by atoms with Crippen LogP contribution in [-0.4, -0.2) is 35.0 Å². The maximum absolute atomic E-state index is 10.9. The van der Waals surface area contributed by atoms with Gasteiger partial charge in [-0.15, -0.1) is 0 Å². The summed E-state index contributed by atoms with van der Waals surface area (Å²) in [5, 5.41) is 0. The van der Waals surface area contributed by atoms with Crippen LogP contribution in [0.2, 0.25) is 0 Å². The SMILES string of the molecule is NC1(C2(N)C(=O)OC2=O)C(=O)OC1=O. The van der Waals surface area contributed by atoms with Crippen LogP contribution in [0.4, 0.5) is 0 Å². The molecular formula is C6H4N2O6. The van der Waals surface area contributed by atoms with Gasteiger partial charge in [0.1, 0.15) is 0 Å². The van der Waals surface area contributed by atoms with Crippen molar-refractivity contribution < 1.29 is 28.7 Å². The average Bonchev–Trinajstić information content (AvgIpc) is 2.16. The molecule has 2 rings (SSSR count). The van der Waals surface area contributed by atoms with Crippen molar-refractivity contribution in [2.75, 3.05) is 0 Å². The van der Waals surface area contributed by atoms with Gasteiger partial charge in [-0.2, -0.15) is 0 Å². The van der Waals surface area contributed by atoms with E-state index in [1.54, 1.807) is 0 Å². The Balaban J connectivity index is 2.48. The minimum atomic E-state index is -2.43. The Bertz CT molecular complexity index is 333. The van der Waals surface area contributed by atoms with Crippen LogP contribution in [0.25, 0.3) is 0 Å². The van der Waals surface area contributed by atoms with Gasteiger partial charge in [-0.25, -0.2) is 19.2 Å². The van der Waals surface area contributed by atoms with E-state index in [2.05, 4.69) is 9.47 Å². The standard InChI is InChI=1S/C6H4N2O6/c7-5(1(9)13-2(5)10)6(8)3(11)14-4(6)12/h7-8H2. The van der Waals surface area contributed by atoms with Gasteiger partial charge in [0.2, 0.25) is 0 Å². The third-order valence-corrected chi connectivity index (χ3v) is 2.28. The molecule has 2 aliphatic rings. The second-order valence-corrected chi connectivity index (χ2v) is 2.97. The van der Waals surface area contributed by atoms with Crippen molar-refractivity contribution in [3.8, 4) is 0 Å². The van der Waals surface area contributed by atoms with Crippen molar-refractivity contribution in [3.05, 3.63) is 0 Å². The summed E-state index contributed by atoms with van der Waals surface area (Å²) in [6.07, 6.45) is 0. The maximum Gasteiger partial charge on any atom is 0.348 e. The molecule has 0 amide bonds. The summed E-state index contributed by atoms with van der Waals surface area (Å²) in [4.78, 5) is 43.5. The van der Waals surface area contributed by atoms with Crippen molar-refractivity contribution in [1.29, 1.82) is 0 Å². The third kappa shape index (κ3) is 0.562. The van der Waals surface area contributed by atoms with E-state index in [4.69, 9.17) is 11.5 Å². The Labute approximate surface area is 76.1 Å². The van der Waals surface area contributed by atoms with Crippen molar-refractivity contribution >= 4 is 23.9 Å². The summed E-state index contributed by atoms with van der Waals surface area (Å²) in [6, 6.07) is 0. The molecule has 4 N–H and O–H groups in total. The number of hydrogen-bond donors (Lipinski definition) is 2. The molecular weight excluding hydrogens is 196 g/mol. The first-order chi connectivity index (χ1) is 6.35. The Morgan fingerprint density at radius 3 is 1.07 bits per heavy atom. The van der Waals surface area contributed by atoms with E-state index in [9.17, 15) is 19.2 Å². The number of ether oxygens (including phenoxy) is 2. The van der Waals surface area contributed by atoms with Crippen LogP contribution in [0.15, 0.2) is 0 Å². The minimum Gasteiger partial charge on any atom is -0.389 e. The largest absolute Gasteiger partial charge is 0.389 e. The molecule has 2 saturated heterocycles. The molecule has 74 valence electrons. The lowest BCUT2D eigenvalue weighted by atomic mass is 9.72. The second kappa shape index (κ2) is 1.99. The average molecular weight is 200 g/mol. The zero-order chi connectivity index (χ0) is 10.7. The Morgan fingerprint density at radius 1 is 0.714 bits per heavy atom. The molecule has 0 aromatic heterocycles. The number of hydrogen-bond acceptors (Lipinski definition) is 8. The van der Waals surface area contributed by atoms with Gasteiger partial charge in [-0.1, -0.05) is 0 Å². The van der Waals surface area contributed by atoms with Crippen LogP contribution < -0.4 is 11.5 Å². The van der Waals surface area contributed by atoms with Crippen LogP contribution in [0, 0.1) is 0 Å². The summed E-state index contributed by atoms with van der Waals surface area (Å²) < 4.78 is 7.86. The number of cyclic esters (lactones) is 4. The molecule has 0 unspecified atom stereocenters.